The maximum absolute atomic E-state index is 11.2. The van der Waals surface area contributed by atoms with Crippen LogP contribution < -0.4 is 10.2 Å². The Hall–Kier alpha value is -1.51. The zero-order valence-electron chi connectivity index (χ0n) is 15.5. The summed E-state index contributed by atoms with van der Waals surface area (Å²) in [5, 5.41) is 2.88. The van der Waals surface area contributed by atoms with E-state index in [9.17, 15) is 4.79 Å². The van der Waals surface area contributed by atoms with E-state index in [0.29, 0.717) is 0 Å². The van der Waals surface area contributed by atoms with Gasteiger partial charge >= 0.3 is 0 Å². The molecule has 0 heterocycles. The average molecular weight is 319 g/mol. The Kier molecular flexibility index (Phi) is 9.42. The SMILES string of the molecule is CCCCCCCCCCN(C)c1cc(C)cc(NC(C)=O)c1. The van der Waals surface area contributed by atoms with Crippen LogP contribution in [0.1, 0.15) is 70.8 Å². The van der Waals surface area contributed by atoms with Crippen molar-refractivity contribution in [2.24, 2.45) is 0 Å². The van der Waals surface area contributed by atoms with Gasteiger partial charge < -0.3 is 10.2 Å². The summed E-state index contributed by atoms with van der Waals surface area (Å²) in [5.41, 5.74) is 3.24. The molecule has 0 aliphatic heterocycles. The van der Waals surface area contributed by atoms with Crippen molar-refractivity contribution in [1.29, 1.82) is 0 Å². The van der Waals surface area contributed by atoms with Crippen LogP contribution in [0.2, 0.25) is 0 Å². The van der Waals surface area contributed by atoms with Gasteiger partial charge in [0.15, 0.2) is 0 Å². The van der Waals surface area contributed by atoms with Gasteiger partial charge in [-0.3, -0.25) is 4.79 Å². The molecule has 0 fully saturated rings. The second kappa shape index (κ2) is 11.1. The van der Waals surface area contributed by atoms with Gasteiger partial charge in [-0.15, -0.1) is 0 Å². The van der Waals surface area contributed by atoms with E-state index in [0.717, 1.165) is 12.2 Å². The molecular formula is C20H34N2O. The summed E-state index contributed by atoms with van der Waals surface area (Å²) < 4.78 is 0. The van der Waals surface area contributed by atoms with Crippen molar-refractivity contribution in [1.82, 2.24) is 0 Å². The smallest absolute Gasteiger partial charge is 0.221 e. The Morgan fingerprint density at radius 2 is 1.61 bits per heavy atom. The van der Waals surface area contributed by atoms with Gasteiger partial charge in [0.05, 0.1) is 0 Å². The average Bonchev–Trinajstić information content (AvgIpc) is 2.48. The molecule has 1 N–H and O–H groups in total. The second-order valence-electron chi connectivity index (χ2n) is 6.63. The molecule has 130 valence electrons. The van der Waals surface area contributed by atoms with Gasteiger partial charge in [0.25, 0.3) is 0 Å². The molecule has 0 radical (unpaired) electrons. The number of hydrogen-bond donors (Lipinski definition) is 1. The highest BCUT2D eigenvalue weighted by atomic mass is 16.1. The van der Waals surface area contributed by atoms with Crippen molar-refractivity contribution < 1.29 is 4.79 Å². The molecule has 3 nitrogen and oxygen atoms in total. The van der Waals surface area contributed by atoms with Gasteiger partial charge in [-0.25, -0.2) is 0 Å². The molecular weight excluding hydrogens is 284 g/mol. The largest absolute Gasteiger partial charge is 0.375 e. The van der Waals surface area contributed by atoms with Gasteiger partial charge in [-0.1, -0.05) is 51.9 Å². The van der Waals surface area contributed by atoms with Crippen molar-refractivity contribution >= 4 is 17.3 Å². The first-order valence-corrected chi connectivity index (χ1v) is 9.13. The maximum atomic E-state index is 11.2. The minimum Gasteiger partial charge on any atom is -0.375 e. The highest BCUT2D eigenvalue weighted by Gasteiger charge is 2.05. The lowest BCUT2D eigenvalue weighted by molar-refractivity contribution is -0.114. The van der Waals surface area contributed by atoms with E-state index >= 15 is 0 Å². The van der Waals surface area contributed by atoms with Gasteiger partial charge in [0.1, 0.15) is 0 Å². The number of amides is 1. The van der Waals surface area contributed by atoms with Crippen LogP contribution in [-0.2, 0) is 4.79 Å². The molecule has 0 atom stereocenters. The van der Waals surface area contributed by atoms with Gasteiger partial charge in [-0.05, 0) is 37.1 Å². The second-order valence-corrected chi connectivity index (χ2v) is 6.63. The van der Waals surface area contributed by atoms with Crippen LogP contribution in [0.5, 0.6) is 0 Å². The van der Waals surface area contributed by atoms with Gasteiger partial charge in [0, 0.05) is 31.9 Å². The maximum Gasteiger partial charge on any atom is 0.221 e. The van der Waals surface area contributed by atoms with Crippen molar-refractivity contribution in [3.05, 3.63) is 23.8 Å². The number of nitrogens with one attached hydrogen (secondary N) is 1. The molecule has 1 rings (SSSR count). The molecule has 0 aromatic heterocycles. The lowest BCUT2D eigenvalue weighted by Crippen LogP contribution is -2.19. The highest BCUT2D eigenvalue weighted by molar-refractivity contribution is 5.89. The number of carbonyl (C=O) groups is 1. The summed E-state index contributed by atoms with van der Waals surface area (Å²) >= 11 is 0. The lowest BCUT2D eigenvalue weighted by Gasteiger charge is -2.21. The molecule has 0 saturated carbocycles. The fraction of sp³-hybridized carbons (Fsp3) is 0.650. The van der Waals surface area contributed by atoms with Crippen LogP contribution in [0, 0.1) is 6.92 Å². The Morgan fingerprint density at radius 1 is 1.00 bits per heavy atom. The zero-order valence-corrected chi connectivity index (χ0v) is 15.5. The summed E-state index contributed by atoms with van der Waals surface area (Å²) in [5.74, 6) is -0.0210. The van der Waals surface area contributed by atoms with Crippen LogP contribution in [0.3, 0.4) is 0 Å². The van der Waals surface area contributed by atoms with E-state index in [4.69, 9.17) is 0 Å². The van der Waals surface area contributed by atoms with E-state index in [-0.39, 0.29) is 5.91 Å². The number of anilines is 2. The third-order valence-corrected chi connectivity index (χ3v) is 4.17. The van der Waals surface area contributed by atoms with Crippen molar-refractivity contribution in [2.45, 2.75) is 72.1 Å². The Labute approximate surface area is 142 Å². The van der Waals surface area contributed by atoms with E-state index in [1.54, 1.807) is 6.92 Å². The fourth-order valence-corrected chi connectivity index (χ4v) is 2.87. The standard InChI is InChI=1S/C20H34N2O/c1-5-6-7-8-9-10-11-12-13-22(4)20-15-17(2)14-19(16-20)21-18(3)23/h14-16H,5-13H2,1-4H3,(H,21,23). The molecule has 0 spiro atoms. The molecule has 0 bridgehead atoms. The summed E-state index contributed by atoms with van der Waals surface area (Å²) in [6.07, 6.45) is 10.7. The van der Waals surface area contributed by atoms with E-state index < -0.39 is 0 Å². The highest BCUT2D eigenvalue weighted by Crippen LogP contribution is 2.22. The summed E-state index contributed by atoms with van der Waals surface area (Å²) in [7, 11) is 2.13. The zero-order chi connectivity index (χ0) is 17.1. The first kappa shape index (κ1) is 19.5. The summed E-state index contributed by atoms with van der Waals surface area (Å²) in [4.78, 5) is 13.5. The van der Waals surface area contributed by atoms with Gasteiger partial charge in [-0.2, -0.15) is 0 Å². The Morgan fingerprint density at radius 3 is 2.22 bits per heavy atom. The minimum atomic E-state index is -0.0210. The predicted octanol–water partition coefficient (Wildman–Crippen LogP) is 5.53. The monoisotopic (exact) mass is 318 g/mol. The number of rotatable bonds is 11. The number of unbranched alkanes of at least 4 members (excludes halogenated alkanes) is 7. The number of aryl methyl sites for hydroxylation is 1. The number of benzene rings is 1. The first-order valence-electron chi connectivity index (χ1n) is 9.13. The Bertz CT molecular complexity index is 471. The van der Waals surface area contributed by atoms with E-state index in [2.05, 4.69) is 43.2 Å². The van der Waals surface area contributed by atoms with E-state index in [1.807, 2.05) is 6.07 Å². The van der Waals surface area contributed by atoms with Crippen LogP contribution >= 0.6 is 0 Å². The molecule has 1 aromatic carbocycles. The van der Waals surface area contributed by atoms with Crippen LogP contribution in [0.4, 0.5) is 11.4 Å². The normalized spacial score (nSPS) is 10.6. The van der Waals surface area contributed by atoms with Crippen molar-refractivity contribution in [3.63, 3.8) is 0 Å². The van der Waals surface area contributed by atoms with Gasteiger partial charge in [0.2, 0.25) is 5.91 Å². The molecule has 23 heavy (non-hydrogen) atoms. The summed E-state index contributed by atoms with van der Waals surface area (Å²) in [6.45, 7) is 6.95. The molecule has 0 aliphatic carbocycles. The first-order chi connectivity index (χ1) is 11.0. The molecule has 0 saturated heterocycles. The minimum absolute atomic E-state index is 0.0210. The number of nitrogens with zero attached hydrogens (tertiary/aromatic N) is 1. The molecule has 3 heteroatoms. The quantitative estimate of drug-likeness (QED) is 0.544. The van der Waals surface area contributed by atoms with Crippen LogP contribution in [0.15, 0.2) is 18.2 Å². The third kappa shape index (κ3) is 8.63. The van der Waals surface area contributed by atoms with Crippen LogP contribution in [-0.4, -0.2) is 19.5 Å². The third-order valence-electron chi connectivity index (χ3n) is 4.17. The molecule has 1 amide bonds. The molecule has 0 aliphatic rings. The topological polar surface area (TPSA) is 32.3 Å². The predicted molar refractivity (Wildman–Crippen MR) is 101 cm³/mol. The lowest BCUT2D eigenvalue weighted by atomic mass is 10.1. The number of carbonyl (C=O) groups excluding carboxylic acids is 1. The molecule has 1 aromatic rings. The number of hydrogen-bond acceptors (Lipinski definition) is 2. The van der Waals surface area contributed by atoms with Crippen LogP contribution in [0.25, 0.3) is 0 Å². The van der Waals surface area contributed by atoms with E-state index in [1.165, 1.54) is 62.6 Å². The molecule has 0 unspecified atom stereocenters. The fourth-order valence-electron chi connectivity index (χ4n) is 2.87. The summed E-state index contributed by atoms with van der Waals surface area (Å²) in [6, 6.07) is 6.24. The van der Waals surface area contributed by atoms with Crippen molar-refractivity contribution in [3.8, 4) is 0 Å². The Balaban J connectivity index is 2.32. The van der Waals surface area contributed by atoms with Crippen molar-refractivity contribution in [2.75, 3.05) is 23.8 Å².